The number of halogens is 3. The van der Waals surface area contributed by atoms with Crippen LogP contribution in [0.4, 0.5) is 18.9 Å². The summed E-state index contributed by atoms with van der Waals surface area (Å²) in [6, 6.07) is 16.6. The predicted octanol–water partition coefficient (Wildman–Crippen LogP) is 4.87. The van der Waals surface area contributed by atoms with Gasteiger partial charge >= 0.3 is 6.18 Å². The minimum Gasteiger partial charge on any atom is -0.419 e. The molecule has 1 aliphatic rings. The summed E-state index contributed by atoms with van der Waals surface area (Å²) >= 11 is 0. The van der Waals surface area contributed by atoms with E-state index in [0.717, 1.165) is 12.1 Å². The van der Waals surface area contributed by atoms with E-state index in [9.17, 15) is 31.6 Å². The number of carbonyl (C=O) groups is 1. The Morgan fingerprint density at radius 3 is 2.19 bits per heavy atom. The summed E-state index contributed by atoms with van der Waals surface area (Å²) in [6.45, 7) is 3.18. The molecule has 5 rings (SSSR count). The lowest BCUT2D eigenvalue weighted by atomic mass is 9.96. The smallest absolute Gasteiger partial charge is 0.416 e. The number of nitrogens with two attached hydrogens (primary N) is 1. The molecule has 0 radical (unpaired) electrons. The molecule has 0 spiro atoms. The van der Waals surface area contributed by atoms with Crippen molar-refractivity contribution in [1.29, 1.82) is 5.26 Å². The Labute approximate surface area is 239 Å². The molecular formula is C29H24F3N5O4S. The van der Waals surface area contributed by atoms with Crippen molar-refractivity contribution in [2.24, 2.45) is 5.73 Å². The summed E-state index contributed by atoms with van der Waals surface area (Å²) in [4.78, 5) is 14.6. The number of amides is 1. The highest BCUT2D eigenvalue weighted by atomic mass is 32.2. The first-order valence-electron chi connectivity index (χ1n) is 12.7. The van der Waals surface area contributed by atoms with Gasteiger partial charge < -0.3 is 15.1 Å². The van der Waals surface area contributed by atoms with E-state index in [1.807, 2.05) is 0 Å². The average molecular weight is 596 g/mol. The second-order valence-electron chi connectivity index (χ2n) is 10.4. The third-order valence-electron chi connectivity index (χ3n) is 6.89. The molecule has 2 N–H and O–H groups in total. The van der Waals surface area contributed by atoms with Gasteiger partial charge in [-0.1, -0.05) is 36.4 Å². The highest BCUT2D eigenvalue weighted by Gasteiger charge is 2.37. The van der Waals surface area contributed by atoms with Gasteiger partial charge in [-0.3, -0.25) is 4.79 Å². The molecule has 0 saturated carbocycles. The largest absolute Gasteiger partial charge is 0.419 e. The Kier molecular flexibility index (Phi) is 7.16. The van der Waals surface area contributed by atoms with Crippen molar-refractivity contribution in [2.45, 2.75) is 42.9 Å². The van der Waals surface area contributed by atoms with Crippen molar-refractivity contribution >= 4 is 21.4 Å². The van der Waals surface area contributed by atoms with Crippen molar-refractivity contribution in [3.63, 3.8) is 0 Å². The molecule has 1 atom stereocenters. The maximum absolute atomic E-state index is 13.4. The van der Waals surface area contributed by atoms with Crippen LogP contribution in [0.2, 0.25) is 0 Å². The highest BCUT2D eigenvalue weighted by molar-refractivity contribution is 7.91. The van der Waals surface area contributed by atoms with Gasteiger partial charge in [-0.15, -0.1) is 10.2 Å². The van der Waals surface area contributed by atoms with Crippen LogP contribution >= 0.6 is 0 Å². The molecule has 216 valence electrons. The number of benzene rings is 3. The number of alkyl halides is 3. The number of aromatic nitrogens is 2. The molecule has 3 aromatic carbocycles. The van der Waals surface area contributed by atoms with Crippen LogP contribution < -0.4 is 10.6 Å². The fraction of sp³-hybridized carbons (Fsp3) is 0.241. The normalized spacial score (nSPS) is 16.9. The van der Waals surface area contributed by atoms with Crippen molar-refractivity contribution in [3.8, 4) is 28.7 Å². The monoisotopic (exact) mass is 595 g/mol. The maximum atomic E-state index is 13.4. The Balaban J connectivity index is 1.50. The topological polar surface area (TPSA) is 143 Å². The lowest BCUT2D eigenvalue weighted by Gasteiger charge is -2.24. The second kappa shape index (κ2) is 10.4. The summed E-state index contributed by atoms with van der Waals surface area (Å²) < 4.78 is 70.7. The van der Waals surface area contributed by atoms with Crippen LogP contribution in [0.15, 0.2) is 76.0 Å². The van der Waals surface area contributed by atoms with Gasteiger partial charge in [0.15, 0.2) is 9.84 Å². The molecule has 0 bridgehead atoms. The number of sulfone groups is 1. The molecule has 1 amide bonds. The third-order valence-corrected chi connectivity index (χ3v) is 8.71. The molecule has 0 aliphatic carbocycles. The average Bonchev–Trinajstić information content (AvgIpc) is 3.44. The van der Waals surface area contributed by atoms with Crippen molar-refractivity contribution in [2.75, 3.05) is 10.7 Å². The molecule has 0 saturated heterocycles. The third kappa shape index (κ3) is 5.50. The van der Waals surface area contributed by atoms with Crippen LogP contribution in [-0.4, -0.2) is 36.3 Å². The number of rotatable bonds is 5. The lowest BCUT2D eigenvalue weighted by molar-refractivity contribution is -0.137. The number of nitrogens with zero attached hydrogens (tertiary/aromatic N) is 4. The Bertz CT molecular complexity index is 1810. The van der Waals surface area contributed by atoms with E-state index < -0.39 is 44.7 Å². The zero-order valence-electron chi connectivity index (χ0n) is 22.4. The number of fused-ring (bicyclic) bond motifs is 1. The van der Waals surface area contributed by atoms with E-state index in [1.54, 1.807) is 38.1 Å². The fourth-order valence-corrected chi connectivity index (χ4v) is 6.04. The van der Waals surface area contributed by atoms with Crippen LogP contribution in [0.1, 0.15) is 30.9 Å². The van der Waals surface area contributed by atoms with E-state index in [2.05, 4.69) is 16.3 Å². The van der Waals surface area contributed by atoms with Gasteiger partial charge in [0.1, 0.15) is 5.41 Å². The van der Waals surface area contributed by atoms with Crippen LogP contribution in [0.5, 0.6) is 0 Å². The fourth-order valence-electron chi connectivity index (χ4n) is 4.48. The number of anilines is 1. The summed E-state index contributed by atoms with van der Waals surface area (Å²) in [6.07, 6.45) is -4.44. The number of nitriles is 1. The van der Waals surface area contributed by atoms with Gasteiger partial charge in [0.05, 0.1) is 40.6 Å². The van der Waals surface area contributed by atoms with Gasteiger partial charge in [0, 0.05) is 5.56 Å². The van der Waals surface area contributed by atoms with Crippen LogP contribution in [-0.2, 0) is 32.8 Å². The van der Waals surface area contributed by atoms with E-state index >= 15 is 0 Å². The molecule has 13 heteroatoms. The number of hydrogen-bond donors (Lipinski definition) is 1. The lowest BCUT2D eigenvalue weighted by Crippen LogP contribution is -2.45. The van der Waals surface area contributed by atoms with Crippen molar-refractivity contribution < 1.29 is 30.8 Å². The summed E-state index contributed by atoms with van der Waals surface area (Å²) in [5.74, 6) is -1.08. The minimum atomic E-state index is -4.44. The molecule has 0 unspecified atom stereocenters. The zero-order valence-corrected chi connectivity index (χ0v) is 23.2. The quantitative estimate of drug-likeness (QED) is 0.344. The molecule has 2 heterocycles. The standard InChI is InChI=1S/C29H24F3N5O4S/c1-28(2,16-33)27-36-35-25(41-27)20-9-12-24-23(13-20)37(26(38)22(34)15-42(24,39)40)14-17-3-5-18(6-4-17)19-7-10-21(11-8-19)29(30,31)32/h3-13,22H,14-15,34H2,1-2H3/t22-/m0/s1. The molecule has 1 aromatic heterocycles. The van der Waals surface area contributed by atoms with Crippen molar-refractivity contribution in [1.82, 2.24) is 10.2 Å². The van der Waals surface area contributed by atoms with E-state index in [1.165, 1.54) is 35.2 Å². The predicted molar refractivity (Wildman–Crippen MR) is 146 cm³/mol. The van der Waals surface area contributed by atoms with Crippen LogP contribution in [0.25, 0.3) is 22.6 Å². The first kappa shape index (κ1) is 29.0. The molecule has 42 heavy (non-hydrogen) atoms. The zero-order chi connectivity index (χ0) is 30.4. The number of carbonyl (C=O) groups excluding carboxylic acids is 1. The SMILES string of the molecule is CC(C)(C#N)c1nnc(-c2ccc3c(c2)N(Cc2ccc(-c4ccc(C(F)(F)F)cc4)cc2)C(=O)[C@@H](N)CS3(=O)=O)o1. The van der Waals surface area contributed by atoms with Crippen LogP contribution in [0.3, 0.4) is 0 Å². The maximum Gasteiger partial charge on any atom is 0.416 e. The van der Waals surface area contributed by atoms with Gasteiger partial charge in [-0.25, -0.2) is 8.42 Å². The minimum absolute atomic E-state index is 0.0374. The molecule has 9 nitrogen and oxygen atoms in total. The first-order valence-corrected chi connectivity index (χ1v) is 14.3. The molecule has 0 fully saturated rings. The van der Waals surface area contributed by atoms with Crippen LogP contribution in [0, 0.1) is 11.3 Å². The van der Waals surface area contributed by atoms with Gasteiger partial charge in [-0.05, 0) is 60.9 Å². The Hall–Kier alpha value is -4.54. The first-order chi connectivity index (χ1) is 19.7. The second-order valence-corrected chi connectivity index (χ2v) is 12.4. The van der Waals surface area contributed by atoms with Gasteiger partial charge in [0.2, 0.25) is 17.7 Å². The van der Waals surface area contributed by atoms with Crippen molar-refractivity contribution in [3.05, 3.63) is 83.7 Å². The van der Waals surface area contributed by atoms with Gasteiger partial charge in [0.25, 0.3) is 0 Å². The van der Waals surface area contributed by atoms with E-state index in [0.29, 0.717) is 22.3 Å². The highest BCUT2D eigenvalue weighted by Crippen LogP contribution is 2.36. The summed E-state index contributed by atoms with van der Waals surface area (Å²) in [5.41, 5.74) is 6.47. The summed E-state index contributed by atoms with van der Waals surface area (Å²) in [5, 5.41) is 17.3. The molecule has 1 aliphatic heterocycles. The molecule has 4 aromatic rings. The Morgan fingerprint density at radius 1 is 1.00 bits per heavy atom. The van der Waals surface area contributed by atoms with E-state index in [4.69, 9.17) is 10.2 Å². The molecular weight excluding hydrogens is 571 g/mol. The van der Waals surface area contributed by atoms with Gasteiger partial charge in [-0.2, -0.15) is 18.4 Å². The number of hydrogen-bond acceptors (Lipinski definition) is 8. The van der Waals surface area contributed by atoms with E-state index in [-0.39, 0.29) is 28.9 Å². The summed E-state index contributed by atoms with van der Waals surface area (Å²) in [7, 11) is -3.94. The Morgan fingerprint density at radius 2 is 1.60 bits per heavy atom.